The van der Waals surface area contributed by atoms with Gasteiger partial charge in [-0.3, -0.25) is 9.59 Å². The van der Waals surface area contributed by atoms with Gasteiger partial charge in [-0.15, -0.1) is 0 Å². The zero-order chi connectivity index (χ0) is 24.0. The highest BCUT2D eigenvalue weighted by Crippen LogP contribution is 2.37. The predicted octanol–water partition coefficient (Wildman–Crippen LogP) is 6.82. The largest absolute Gasteiger partial charge is 0.350 e. The molecule has 0 aliphatic carbocycles. The molecule has 5 rings (SSSR count). The quantitative estimate of drug-likeness (QED) is 0.336. The number of hydrogen-bond acceptors (Lipinski definition) is 3. The van der Waals surface area contributed by atoms with Crippen molar-refractivity contribution in [1.29, 1.82) is 0 Å². The number of nitrogens with zero attached hydrogens (tertiary/aromatic N) is 1. The second kappa shape index (κ2) is 8.47. The van der Waals surface area contributed by atoms with E-state index in [1.165, 1.54) is 4.90 Å². The number of carbonyl (C=O) groups excluding carboxylic acids is 2. The number of benzene rings is 4. The molecule has 1 aliphatic rings. The second-order valence-corrected chi connectivity index (χ2v) is 9.01. The van der Waals surface area contributed by atoms with Crippen LogP contribution >= 0.6 is 11.6 Å². The van der Waals surface area contributed by atoms with E-state index in [2.05, 4.69) is 5.32 Å². The number of rotatable bonds is 4. The lowest BCUT2D eigenvalue weighted by atomic mass is 9.99. The van der Waals surface area contributed by atoms with Crippen LogP contribution in [0.5, 0.6) is 0 Å². The molecule has 4 aromatic rings. The van der Waals surface area contributed by atoms with E-state index in [-0.39, 0.29) is 11.6 Å². The van der Waals surface area contributed by atoms with Crippen molar-refractivity contribution in [2.24, 2.45) is 0 Å². The highest BCUT2D eigenvalue weighted by atomic mass is 35.5. The highest BCUT2D eigenvalue weighted by molar-refractivity contribution is 6.47. The molecule has 0 spiro atoms. The van der Waals surface area contributed by atoms with E-state index in [0.717, 1.165) is 27.5 Å². The minimum atomic E-state index is -0.394. The van der Waals surface area contributed by atoms with Crippen molar-refractivity contribution in [3.05, 3.63) is 112 Å². The maximum absolute atomic E-state index is 13.9. The fourth-order valence-electron chi connectivity index (χ4n) is 4.30. The lowest BCUT2D eigenvalue weighted by Gasteiger charge is -2.18. The summed E-state index contributed by atoms with van der Waals surface area (Å²) in [6.07, 6.45) is 0. The van der Waals surface area contributed by atoms with Crippen LogP contribution in [0.1, 0.15) is 22.3 Å². The number of imide groups is 1. The summed E-state index contributed by atoms with van der Waals surface area (Å²) in [6, 6.07) is 24.6. The number of hydrogen-bond donors (Lipinski definition) is 1. The van der Waals surface area contributed by atoms with Crippen molar-refractivity contribution in [1.82, 2.24) is 0 Å². The van der Waals surface area contributed by atoms with E-state index < -0.39 is 5.91 Å². The first-order valence-electron chi connectivity index (χ1n) is 11.1. The molecular formula is C29H23ClN2O2. The molecule has 0 aromatic heterocycles. The van der Waals surface area contributed by atoms with E-state index in [4.69, 9.17) is 11.6 Å². The molecule has 168 valence electrons. The van der Waals surface area contributed by atoms with Gasteiger partial charge >= 0.3 is 0 Å². The Hall–Kier alpha value is -3.89. The molecule has 0 unspecified atom stereocenters. The lowest BCUT2D eigenvalue weighted by Crippen LogP contribution is -2.32. The molecule has 1 heterocycles. The van der Waals surface area contributed by atoms with Crippen LogP contribution in [0.2, 0.25) is 5.02 Å². The minimum absolute atomic E-state index is 0.242. The summed E-state index contributed by atoms with van der Waals surface area (Å²) >= 11 is 6.23. The second-order valence-electron chi connectivity index (χ2n) is 8.58. The Morgan fingerprint density at radius 2 is 1.47 bits per heavy atom. The molecule has 1 aliphatic heterocycles. The Balaban J connectivity index is 1.70. The number of amides is 2. The van der Waals surface area contributed by atoms with Gasteiger partial charge in [0.2, 0.25) is 0 Å². The number of carbonyl (C=O) groups is 2. The van der Waals surface area contributed by atoms with Gasteiger partial charge in [0.15, 0.2) is 0 Å². The molecule has 0 radical (unpaired) electrons. The Kier molecular flexibility index (Phi) is 5.46. The average Bonchev–Trinajstić information content (AvgIpc) is 3.07. The maximum Gasteiger partial charge on any atom is 0.282 e. The van der Waals surface area contributed by atoms with Crippen LogP contribution in [0.3, 0.4) is 0 Å². The number of fused-ring (bicyclic) bond motifs is 1. The van der Waals surface area contributed by atoms with Gasteiger partial charge in [0.05, 0.1) is 11.3 Å². The van der Waals surface area contributed by atoms with Crippen molar-refractivity contribution in [2.45, 2.75) is 20.8 Å². The molecule has 0 bridgehead atoms. The van der Waals surface area contributed by atoms with Crippen LogP contribution < -0.4 is 10.2 Å². The summed E-state index contributed by atoms with van der Waals surface area (Å²) in [4.78, 5) is 29.0. The van der Waals surface area contributed by atoms with E-state index >= 15 is 0 Å². The number of nitrogens with one attached hydrogen (secondary N) is 1. The Bertz CT molecular complexity index is 1510. The van der Waals surface area contributed by atoms with E-state index in [9.17, 15) is 9.59 Å². The van der Waals surface area contributed by atoms with Crippen molar-refractivity contribution in [3.8, 4) is 0 Å². The van der Waals surface area contributed by atoms with Gasteiger partial charge in [-0.1, -0.05) is 72.3 Å². The standard InChI is InChI=1S/C29H23ClN2O2/c1-17-11-13-21(15-19(17)3)26-27(31-24-16-22(30)14-12-18(24)2)29(34)32(28(26)33)25-10-6-8-20-7-4-5-9-23(20)25/h4-16,31H,1-3H3. The lowest BCUT2D eigenvalue weighted by molar-refractivity contribution is -0.120. The molecule has 0 saturated heterocycles. The van der Waals surface area contributed by atoms with Crippen molar-refractivity contribution >= 4 is 51.1 Å². The van der Waals surface area contributed by atoms with Crippen molar-refractivity contribution < 1.29 is 9.59 Å². The topological polar surface area (TPSA) is 49.4 Å². The Morgan fingerprint density at radius 1 is 0.735 bits per heavy atom. The first-order chi connectivity index (χ1) is 16.3. The fourth-order valence-corrected chi connectivity index (χ4v) is 4.47. The van der Waals surface area contributed by atoms with Gasteiger partial charge in [0.25, 0.3) is 11.8 Å². The normalized spacial score (nSPS) is 13.8. The molecule has 5 heteroatoms. The molecule has 2 amide bonds. The van der Waals surface area contributed by atoms with Crippen LogP contribution in [0.15, 0.2) is 84.6 Å². The Morgan fingerprint density at radius 3 is 2.26 bits per heavy atom. The van der Waals surface area contributed by atoms with Gasteiger partial charge in [-0.25, -0.2) is 4.90 Å². The average molecular weight is 467 g/mol. The number of halogens is 1. The third-order valence-corrected chi connectivity index (χ3v) is 6.58. The summed E-state index contributed by atoms with van der Waals surface area (Å²) in [5.74, 6) is -0.749. The van der Waals surface area contributed by atoms with Gasteiger partial charge in [-0.05, 0) is 66.6 Å². The smallest absolute Gasteiger partial charge is 0.282 e. The summed E-state index contributed by atoms with van der Waals surface area (Å²) < 4.78 is 0. The maximum atomic E-state index is 13.9. The zero-order valence-corrected chi connectivity index (χ0v) is 19.9. The zero-order valence-electron chi connectivity index (χ0n) is 19.1. The minimum Gasteiger partial charge on any atom is -0.350 e. The predicted molar refractivity (Wildman–Crippen MR) is 139 cm³/mol. The SMILES string of the molecule is Cc1ccc(C2=C(Nc3cc(Cl)ccc3C)C(=O)N(c3cccc4ccccc34)C2=O)cc1C. The molecule has 4 nitrogen and oxygen atoms in total. The molecule has 0 saturated carbocycles. The third-order valence-electron chi connectivity index (χ3n) is 6.35. The van der Waals surface area contributed by atoms with Gasteiger partial charge < -0.3 is 5.32 Å². The van der Waals surface area contributed by atoms with E-state index in [0.29, 0.717) is 27.5 Å². The third kappa shape index (κ3) is 3.66. The first kappa shape index (κ1) is 21.9. The Labute approximate surface area is 203 Å². The van der Waals surface area contributed by atoms with Crippen LogP contribution in [0.25, 0.3) is 16.3 Å². The van der Waals surface area contributed by atoms with Crippen LogP contribution in [0.4, 0.5) is 11.4 Å². The first-order valence-corrected chi connectivity index (χ1v) is 11.4. The van der Waals surface area contributed by atoms with Gasteiger partial charge in [0, 0.05) is 16.1 Å². The summed E-state index contributed by atoms with van der Waals surface area (Å²) in [5.41, 5.74) is 5.62. The molecular weight excluding hydrogens is 444 g/mol. The van der Waals surface area contributed by atoms with Gasteiger partial charge in [0.1, 0.15) is 5.70 Å². The molecule has 0 fully saturated rings. The van der Waals surface area contributed by atoms with Crippen molar-refractivity contribution in [3.63, 3.8) is 0 Å². The highest BCUT2D eigenvalue weighted by Gasteiger charge is 2.41. The van der Waals surface area contributed by atoms with E-state index in [1.54, 1.807) is 12.1 Å². The molecule has 4 aromatic carbocycles. The fraction of sp³-hybridized carbons (Fsp3) is 0.103. The van der Waals surface area contributed by atoms with Crippen molar-refractivity contribution in [2.75, 3.05) is 10.2 Å². The summed E-state index contributed by atoms with van der Waals surface area (Å²) in [7, 11) is 0. The van der Waals surface area contributed by atoms with Gasteiger partial charge in [-0.2, -0.15) is 0 Å². The number of aryl methyl sites for hydroxylation is 3. The molecule has 0 atom stereocenters. The number of anilines is 2. The molecule has 34 heavy (non-hydrogen) atoms. The molecule has 1 N–H and O–H groups in total. The van der Waals surface area contributed by atoms with E-state index in [1.807, 2.05) is 87.5 Å². The van der Waals surface area contributed by atoms with Crippen LogP contribution in [-0.2, 0) is 9.59 Å². The monoisotopic (exact) mass is 466 g/mol. The van der Waals surface area contributed by atoms with Crippen LogP contribution in [-0.4, -0.2) is 11.8 Å². The summed E-state index contributed by atoms with van der Waals surface area (Å²) in [5, 5.41) is 5.59. The summed E-state index contributed by atoms with van der Waals surface area (Å²) in [6.45, 7) is 5.95. The van der Waals surface area contributed by atoms with Crippen LogP contribution in [0, 0.1) is 20.8 Å².